The van der Waals surface area contributed by atoms with E-state index >= 15 is 0 Å². The molecule has 0 spiro atoms. The molecule has 31 heavy (non-hydrogen) atoms. The summed E-state index contributed by atoms with van der Waals surface area (Å²) in [5.74, 6) is 0.164. The van der Waals surface area contributed by atoms with E-state index in [1.165, 1.54) is 0 Å². The van der Waals surface area contributed by atoms with Crippen molar-refractivity contribution in [2.75, 3.05) is 33.8 Å². The molecular weight excluding hydrogens is 396 g/mol. The number of carbonyl (C=O) groups is 2. The summed E-state index contributed by atoms with van der Waals surface area (Å²) in [6.07, 6.45) is 4.91. The lowest BCUT2D eigenvalue weighted by Crippen LogP contribution is -2.44. The van der Waals surface area contributed by atoms with Gasteiger partial charge in [-0.05, 0) is 32.5 Å². The Morgan fingerprint density at radius 3 is 2.52 bits per heavy atom. The average Bonchev–Trinajstić information content (AvgIpc) is 3.21. The van der Waals surface area contributed by atoms with E-state index in [1.807, 2.05) is 46.8 Å². The number of aryl methyl sites for hydroxylation is 1. The van der Waals surface area contributed by atoms with Gasteiger partial charge in [0.15, 0.2) is 0 Å². The van der Waals surface area contributed by atoms with E-state index in [1.54, 1.807) is 12.4 Å². The van der Waals surface area contributed by atoms with Gasteiger partial charge in [-0.15, -0.1) is 0 Å². The molecule has 0 radical (unpaired) electrons. The molecule has 8 nitrogen and oxygen atoms in total. The van der Waals surface area contributed by atoms with Crippen molar-refractivity contribution in [1.82, 2.24) is 19.4 Å². The van der Waals surface area contributed by atoms with Crippen LogP contribution in [0.25, 0.3) is 0 Å². The fourth-order valence-electron chi connectivity index (χ4n) is 3.78. The summed E-state index contributed by atoms with van der Waals surface area (Å²) in [6.45, 7) is 1.42. The molecule has 1 amide bonds. The molecule has 1 atom stereocenters. The lowest BCUT2D eigenvalue weighted by atomic mass is 10.0. The van der Waals surface area contributed by atoms with Gasteiger partial charge in [-0.2, -0.15) is 0 Å². The zero-order valence-electron chi connectivity index (χ0n) is 18.6. The van der Waals surface area contributed by atoms with Gasteiger partial charge in [-0.25, -0.2) is 9.78 Å². The number of amides is 1. The summed E-state index contributed by atoms with van der Waals surface area (Å²) in [5, 5.41) is 0. The molecule has 168 valence electrons. The fraction of sp³-hybridized carbons (Fsp3) is 0.522. The van der Waals surface area contributed by atoms with Crippen molar-refractivity contribution in [2.24, 2.45) is 7.05 Å². The highest BCUT2D eigenvalue weighted by atomic mass is 16.6. The minimum Gasteiger partial charge on any atom is -0.459 e. The number of esters is 1. The molecule has 1 fully saturated rings. The predicted molar refractivity (Wildman–Crippen MR) is 116 cm³/mol. The number of hydrogen-bond donors (Lipinski definition) is 0. The van der Waals surface area contributed by atoms with E-state index in [-0.39, 0.29) is 25.5 Å². The molecule has 1 aliphatic heterocycles. The Morgan fingerprint density at radius 1 is 1.19 bits per heavy atom. The second kappa shape index (κ2) is 11.1. The van der Waals surface area contributed by atoms with Crippen molar-refractivity contribution in [3.05, 3.63) is 54.1 Å². The zero-order chi connectivity index (χ0) is 22.2. The number of benzene rings is 1. The first kappa shape index (κ1) is 23.0. The molecule has 0 bridgehead atoms. The van der Waals surface area contributed by atoms with Crippen molar-refractivity contribution < 1.29 is 19.1 Å². The number of imidazole rings is 1. The van der Waals surface area contributed by atoms with Crippen LogP contribution in [0.1, 0.15) is 36.8 Å². The molecule has 0 N–H and O–H groups in total. The Bertz CT molecular complexity index is 844. The Balaban J connectivity index is 1.54. The molecule has 0 aliphatic carbocycles. The molecule has 1 aliphatic rings. The number of aromatic nitrogens is 2. The van der Waals surface area contributed by atoms with Gasteiger partial charge in [0.2, 0.25) is 5.91 Å². The molecule has 0 saturated carbocycles. The number of hydrogen-bond acceptors (Lipinski definition) is 6. The topological polar surface area (TPSA) is 76.9 Å². The average molecular weight is 429 g/mol. The van der Waals surface area contributed by atoms with Crippen LogP contribution < -0.4 is 0 Å². The first-order chi connectivity index (χ1) is 14.9. The fourth-order valence-corrected chi connectivity index (χ4v) is 3.78. The van der Waals surface area contributed by atoms with Crippen molar-refractivity contribution in [1.29, 1.82) is 0 Å². The van der Waals surface area contributed by atoms with E-state index in [9.17, 15) is 9.59 Å². The molecule has 1 aromatic heterocycles. The Hall–Kier alpha value is -2.71. The minimum atomic E-state index is -0.608. The number of piperidine rings is 1. The predicted octanol–water partition coefficient (Wildman–Crippen LogP) is 2.16. The van der Waals surface area contributed by atoms with Gasteiger partial charge in [-0.1, -0.05) is 30.3 Å². The van der Waals surface area contributed by atoms with E-state index in [4.69, 9.17) is 9.47 Å². The van der Waals surface area contributed by atoms with Crippen LogP contribution in [-0.4, -0.2) is 71.1 Å². The number of likely N-dealkylation sites (tertiary alicyclic amines) is 1. The second-order valence-electron chi connectivity index (χ2n) is 8.12. The molecule has 2 aromatic rings. The third-order valence-electron chi connectivity index (χ3n) is 5.70. The molecule has 0 unspecified atom stereocenters. The maximum atomic E-state index is 12.9. The van der Waals surface area contributed by atoms with Crippen LogP contribution in [0.3, 0.4) is 0 Å². The van der Waals surface area contributed by atoms with Gasteiger partial charge in [0.25, 0.3) is 0 Å². The van der Waals surface area contributed by atoms with Gasteiger partial charge in [-0.3, -0.25) is 4.79 Å². The van der Waals surface area contributed by atoms with Crippen molar-refractivity contribution in [3.63, 3.8) is 0 Å². The highest BCUT2D eigenvalue weighted by Crippen LogP contribution is 2.23. The van der Waals surface area contributed by atoms with E-state index in [2.05, 4.69) is 24.0 Å². The van der Waals surface area contributed by atoms with Gasteiger partial charge in [0, 0.05) is 38.6 Å². The molecule has 3 rings (SSSR count). The summed E-state index contributed by atoms with van der Waals surface area (Å²) < 4.78 is 12.9. The Labute approximate surface area is 183 Å². The van der Waals surface area contributed by atoms with Crippen LogP contribution in [0.4, 0.5) is 0 Å². The molecule has 1 aromatic carbocycles. The highest BCUT2D eigenvalue weighted by Gasteiger charge is 2.28. The van der Waals surface area contributed by atoms with Crippen LogP contribution >= 0.6 is 0 Å². The maximum Gasteiger partial charge on any atom is 0.332 e. The lowest BCUT2D eigenvalue weighted by Gasteiger charge is -2.35. The van der Waals surface area contributed by atoms with Crippen LogP contribution in [0, 0.1) is 0 Å². The molecular formula is C23H32N4O4. The summed E-state index contributed by atoms with van der Waals surface area (Å²) >= 11 is 0. The number of carbonyl (C=O) groups excluding carboxylic acids is 2. The largest absolute Gasteiger partial charge is 0.459 e. The number of nitrogens with zero attached hydrogens (tertiary/aromatic N) is 4. The van der Waals surface area contributed by atoms with Crippen molar-refractivity contribution >= 4 is 11.9 Å². The van der Waals surface area contributed by atoms with E-state index < -0.39 is 12.1 Å². The molecule has 8 heteroatoms. The first-order valence-electron chi connectivity index (χ1n) is 10.7. The smallest absolute Gasteiger partial charge is 0.332 e. The Kier molecular flexibility index (Phi) is 8.20. The van der Waals surface area contributed by atoms with Crippen LogP contribution in [-0.2, 0) is 32.7 Å². The van der Waals surface area contributed by atoms with Gasteiger partial charge >= 0.3 is 5.97 Å². The number of rotatable bonds is 9. The Morgan fingerprint density at radius 2 is 1.90 bits per heavy atom. The maximum absolute atomic E-state index is 12.9. The van der Waals surface area contributed by atoms with Crippen LogP contribution in [0.2, 0.25) is 0 Å². The van der Waals surface area contributed by atoms with Crippen LogP contribution in [0.5, 0.6) is 0 Å². The quantitative estimate of drug-likeness (QED) is 0.570. The SMILES string of the molecule is CN(C)C1CCN(C(=O)C[C@H](OCC(=O)OCc2ccccc2)c2nccn2C)CC1. The molecule has 1 saturated heterocycles. The monoisotopic (exact) mass is 428 g/mol. The summed E-state index contributed by atoms with van der Waals surface area (Å²) in [5.41, 5.74) is 0.910. The van der Waals surface area contributed by atoms with Crippen molar-refractivity contribution in [2.45, 2.75) is 38.0 Å². The minimum absolute atomic E-state index is 0.0165. The summed E-state index contributed by atoms with van der Waals surface area (Å²) in [4.78, 5) is 33.5. The lowest BCUT2D eigenvalue weighted by molar-refractivity contribution is -0.154. The van der Waals surface area contributed by atoms with Crippen LogP contribution in [0.15, 0.2) is 42.7 Å². The molecule has 2 heterocycles. The summed E-state index contributed by atoms with van der Waals surface area (Å²) in [7, 11) is 5.99. The highest BCUT2D eigenvalue weighted by molar-refractivity contribution is 5.77. The standard InChI is InChI=1S/C23H32N4O4/c1-25(2)19-9-12-27(13-10-19)21(28)15-20(23-24-11-14-26(23)3)30-17-22(29)31-16-18-7-5-4-6-8-18/h4-8,11,14,19-20H,9-10,12-13,15-17H2,1-3H3/t20-/m0/s1. The second-order valence-corrected chi connectivity index (χ2v) is 8.12. The van der Waals surface area contributed by atoms with E-state index in [0.29, 0.717) is 11.9 Å². The zero-order valence-corrected chi connectivity index (χ0v) is 18.6. The third kappa shape index (κ3) is 6.63. The summed E-state index contributed by atoms with van der Waals surface area (Å²) in [6, 6.07) is 9.98. The normalized spacial score (nSPS) is 15.8. The third-order valence-corrected chi connectivity index (χ3v) is 5.70. The first-order valence-corrected chi connectivity index (χ1v) is 10.7. The van der Waals surface area contributed by atoms with Crippen molar-refractivity contribution in [3.8, 4) is 0 Å². The van der Waals surface area contributed by atoms with Gasteiger partial charge in [0.05, 0.1) is 6.42 Å². The van der Waals surface area contributed by atoms with Gasteiger partial charge < -0.3 is 23.8 Å². The van der Waals surface area contributed by atoms with E-state index in [0.717, 1.165) is 31.5 Å². The van der Waals surface area contributed by atoms with Gasteiger partial charge in [0.1, 0.15) is 25.1 Å². The number of ether oxygens (including phenoxy) is 2.